The standard InChI is InChI=1S/C9H16N2S/c1-2-3-8(7-10)6-9-11-4-5-12-9/h4-5,8H,2-3,6-7,10H2,1H3. The smallest absolute Gasteiger partial charge is 0.0928 e. The fourth-order valence-electron chi connectivity index (χ4n) is 1.31. The lowest BCUT2D eigenvalue weighted by atomic mass is 10.0. The Hall–Kier alpha value is -0.410. The van der Waals surface area contributed by atoms with Crippen LogP contribution >= 0.6 is 11.3 Å². The van der Waals surface area contributed by atoms with Crippen LogP contribution in [-0.2, 0) is 6.42 Å². The maximum Gasteiger partial charge on any atom is 0.0928 e. The minimum Gasteiger partial charge on any atom is -0.330 e. The predicted molar refractivity (Wildman–Crippen MR) is 53.3 cm³/mol. The third-order valence-corrected chi connectivity index (χ3v) is 2.78. The van der Waals surface area contributed by atoms with Gasteiger partial charge < -0.3 is 5.73 Å². The molecule has 0 aromatic carbocycles. The summed E-state index contributed by atoms with van der Waals surface area (Å²) in [5.74, 6) is 0.626. The number of rotatable bonds is 5. The Morgan fingerprint density at radius 2 is 2.50 bits per heavy atom. The van der Waals surface area contributed by atoms with Gasteiger partial charge in [0.15, 0.2) is 0 Å². The van der Waals surface area contributed by atoms with Crippen LogP contribution in [0.15, 0.2) is 11.6 Å². The second-order valence-electron chi connectivity index (χ2n) is 3.02. The maximum absolute atomic E-state index is 5.65. The SMILES string of the molecule is CCCC(CN)Cc1nccs1. The first-order valence-corrected chi connectivity index (χ1v) is 5.33. The molecule has 12 heavy (non-hydrogen) atoms. The molecule has 2 nitrogen and oxygen atoms in total. The highest BCUT2D eigenvalue weighted by molar-refractivity contribution is 7.09. The Labute approximate surface area is 77.8 Å². The van der Waals surface area contributed by atoms with Gasteiger partial charge in [-0.25, -0.2) is 4.98 Å². The Balaban J connectivity index is 2.37. The van der Waals surface area contributed by atoms with Crippen LogP contribution in [0.25, 0.3) is 0 Å². The summed E-state index contributed by atoms with van der Waals surface area (Å²) in [5.41, 5.74) is 5.65. The van der Waals surface area contributed by atoms with Crippen LogP contribution in [0, 0.1) is 5.92 Å². The largest absolute Gasteiger partial charge is 0.330 e. The van der Waals surface area contributed by atoms with E-state index in [0.29, 0.717) is 5.92 Å². The summed E-state index contributed by atoms with van der Waals surface area (Å²) in [4.78, 5) is 4.25. The molecular weight excluding hydrogens is 168 g/mol. The molecule has 1 heterocycles. The van der Waals surface area contributed by atoms with Crippen molar-refractivity contribution in [3.05, 3.63) is 16.6 Å². The van der Waals surface area contributed by atoms with E-state index in [0.717, 1.165) is 13.0 Å². The molecule has 0 spiro atoms. The molecule has 0 saturated heterocycles. The summed E-state index contributed by atoms with van der Waals surface area (Å²) in [6.45, 7) is 2.98. The molecule has 1 rings (SSSR count). The number of hydrogen-bond donors (Lipinski definition) is 1. The van der Waals surface area contributed by atoms with E-state index in [4.69, 9.17) is 5.73 Å². The van der Waals surface area contributed by atoms with Crippen LogP contribution in [0.4, 0.5) is 0 Å². The maximum atomic E-state index is 5.65. The van der Waals surface area contributed by atoms with Gasteiger partial charge in [0.25, 0.3) is 0 Å². The van der Waals surface area contributed by atoms with Gasteiger partial charge in [0.2, 0.25) is 0 Å². The van der Waals surface area contributed by atoms with Crippen molar-refractivity contribution in [3.8, 4) is 0 Å². The highest BCUT2D eigenvalue weighted by Crippen LogP contribution is 2.14. The van der Waals surface area contributed by atoms with Crippen molar-refractivity contribution in [1.82, 2.24) is 4.98 Å². The summed E-state index contributed by atoms with van der Waals surface area (Å²) >= 11 is 1.73. The van der Waals surface area contributed by atoms with Crippen molar-refractivity contribution in [2.75, 3.05) is 6.54 Å². The van der Waals surface area contributed by atoms with Crippen LogP contribution in [0.2, 0.25) is 0 Å². The lowest BCUT2D eigenvalue weighted by Crippen LogP contribution is -2.16. The molecule has 2 N–H and O–H groups in total. The van der Waals surface area contributed by atoms with Crippen molar-refractivity contribution in [1.29, 1.82) is 0 Å². The van der Waals surface area contributed by atoms with Gasteiger partial charge in [0.05, 0.1) is 5.01 Å². The molecule has 1 aromatic rings. The molecule has 0 saturated carbocycles. The van der Waals surface area contributed by atoms with Crippen LogP contribution in [0.5, 0.6) is 0 Å². The van der Waals surface area contributed by atoms with E-state index in [1.165, 1.54) is 17.8 Å². The van der Waals surface area contributed by atoms with Gasteiger partial charge >= 0.3 is 0 Å². The molecule has 0 fully saturated rings. The average molecular weight is 184 g/mol. The second-order valence-corrected chi connectivity index (χ2v) is 4.00. The topological polar surface area (TPSA) is 38.9 Å². The summed E-state index contributed by atoms with van der Waals surface area (Å²) in [7, 11) is 0. The van der Waals surface area contributed by atoms with E-state index in [9.17, 15) is 0 Å². The fourth-order valence-corrected chi connectivity index (χ4v) is 2.04. The molecule has 0 radical (unpaired) electrons. The van der Waals surface area contributed by atoms with Crippen LogP contribution in [-0.4, -0.2) is 11.5 Å². The van der Waals surface area contributed by atoms with Gasteiger partial charge in [-0.3, -0.25) is 0 Å². The second kappa shape index (κ2) is 5.27. The van der Waals surface area contributed by atoms with Gasteiger partial charge in [-0.2, -0.15) is 0 Å². The van der Waals surface area contributed by atoms with Gasteiger partial charge in [-0.05, 0) is 18.9 Å². The third-order valence-electron chi connectivity index (χ3n) is 1.98. The molecule has 0 aliphatic heterocycles. The molecule has 1 aromatic heterocycles. The first-order valence-electron chi connectivity index (χ1n) is 4.45. The molecule has 1 atom stereocenters. The van der Waals surface area contributed by atoms with Crippen LogP contribution in [0.1, 0.15) is 24.8 Å². The quantitative estimate of drug-likeness (QED) is 0.760. The fraction of sp³-hybridized carbons (Fsp3) is 0.667. The predicted octanol–water partition coefficient (Wildman–Crippen LogP) is 2.06. The minimum absolute atomic E-state index is 0.626. The Bertz CT molecular complexity index is 196. The lowest BCUT2D eigenvalue weighted by Gasteiger charge is -2.10. The Morgan fingerprint density at radius 1 is 1.67 bits per heavy atom. The molecular formula is C9H16N2S. The van der Waals surface area contributed by atoms with Crippen molar-refractivity contribution in [2.24, 2.45) is 11.7 Å². The normalized spacial score (nSPS) is 13.2. The van der Waals surface area contributed by atoms with Crippen molar-refractivity contribution in [3.63, 3.8) is 0 Å². The summed E-state index contributed by atoms with van der Waals surface area (Å²) in [5, 5.41) is 3.24. The number of hydrogen-bond acceptors (Lipinski definition) is 3. The average Bonchev–Trinajstić information content (AvgIpc) is 2.56. The molecule has 68 valence electrons. The Morgan fingerprint density at radius 3 is 3.00 bits per heavy atom. The van der Waals surface area contributed by atoms with Crippen LogP contribution < -0.4 is 5.73 Å². The summed E-state index contributed by atoms with van der Waals surface area (Å²) in [6, 6.07) is 0. The van der Waals surface area contributed by atoms with E-state index < -0.39 is 0 Å². The van der Waals surface area contributed by atoms with E-state index in [-0.39, 0.29) is 0 Å². The van der Waals surface area contributed by atoms with E-state index >= 15 is 0 Å². The van der Waals surface area contributed by atoms with Gasteiger partial charge in [0, 0.05) is 18.0 Å². The number of aromatic nitrogens is 1. The van der Waals surface area contributed by atoms with Crippen molar-refractivity contribution < 1.29 is 0 Å². The highest BCUT2D eigenvalue weighted by atomic mass is 32.1. The molecule has 0 amide bonds. The zero-order chi connectivity index (χ0) is 8.81. The van der Waals surface area contributed by atoms with E-state index in [1.54, 1.807) is 11.3 Å². The van der Waals surface area contributed by atoms with Crippen LogP contribution in [0.3, 0.4) is 0 Å². The van der Waals surface area contributed by atoms with Crippen molar-refractivity contribution >= 4 is 11.3 Å². The van der Waals surface area contributed by atoms with E-state index in [2.05, 4.69) is 11.9 Å². The Kier molecular flexibility index (Phi) is 4.25. The first-order chi connectivity index (χ1) is 5.86. The minimum atomic E-state index is 0.626. The molecule has 0 bridgehead atoms. The van der Waals surface area contributed by atoms with Gasteiger partial charge in [0.1, 0.15) is 0 Å². The molecule has 1 unspecified atom stereocenters. The zero-order valence-electron chi connectivity index (χ0n) is 7.49. The van der Waals surface area contributed by atoms with E-state index in [1.807, 2.05) is 11.6 Å². The molecule has 0 aliphatic rings. The number of thiazole rings is 1. The van der Waals surface area contributed by atoms with Gasteiger partial charge in [-0.15, -0.1) is 11.3 Å². The monoisotopic (exact) mass is 184 g/mol. The molecule has 3 heteroatoms. The summed E-state index contributed by atoms with van der Waals surface area (Å²) < 4.78 is 0. The lowest BCUT2D eigenvalue weighted by molar-refractivity contribution is 0.486. The first kappa shape index (κ1) is 9.68. The van der Waals surface area contributed by atoms with Gasteiger partial charge in [-0.1, -0.05) is 13.3 Å². The highest BCUT2D eigenvalue weighted by Gasteiger charge is 2.07. The third kappa shape index (κ3) is 2.91. The number of nitrogens with zero attached hydrogens (tertiary/aromatic N) is 1. The molecule has 0 aliphatic carbocycles. The summed E-state index contributed by atoms with van der Waals surface area (Å²) in [6.07, 6.45) is 5.35. The number of nitrogens with two attached hydrogens (primary N) is 1. The zero-order valence-corrected chi connectivity index (χ0v) is 8.31. The van der Waals surface area contributed by atoms with Crippen molar-refractivity contribution in [2.45, 2.75) is 26.2 Å².